The minimum absolute atomic E-state index is 0.0450. The van der Waals surface area contributed by atoms with Crippen molar-refractivity contribution in [2.75, 3.05) is 12.4 Å². The number of H-pyrrole nitrogens is 1. The number of aryl methyl sites for hydroxylation is 2. The molecule has 0 unspecified atom stereocenters. The van der Waals surface area contributed by atoms with E-state index in [4.69, 9.17) is 9.72 Å². The number of hydrogen-bond acceptors (Lipinski definition) is 7. The summed E-state index contributed by atoms with van der Waals surface area (Å²) in [5, 5.41) is 17.3. The number of nitrogens with one attached hydrogen (secondary N) is 3. The standard InChI is InChI=1S/C26H29FN8O2/c1-15-7-21(31-22(8-15)32-23-9-16(2)33-34-23)26(37-4)10-19(11-26)25(36)30-17(3)18-5-6-24(28-12-18)35-14-20(27)13-29-35/h5-9,12-14,17,19H,10-11H2,1-4H3,(H,30,36)(H2,31,32,33,34)/t17-,19?,26?/m0/s1. The van der Waals surface area contributed by atoms with Gasteiger partial charge in [-0.25, -0.2) is 19.0 Å². The van der Waals surface area contributed by atoms with Crippen LogP contribution >= 0.6 is 0 Å². The van der Waals surface area contributed by atoms with Crippen LogP contribution in [0.15, 0.2) is 48.9 Å². The minimum Gasteiger partial charge on any atom is -0.372 e. The SMILES string of the molecule is COC1(c2cc(C)cc(Nc3cc(C)[nH]n3)n2)CC(C(=O)N[C@@H](C)c2ccc(-n3cc(F)cn3)nc2)C1. The average Bonchev–Trinajstić information content (AvgIpc) is 3.46. The highest BCUT2D eigenvalue weighted by molar-refractivity contribution is 5.80. The number of anilines is 2. The second-order valence-corrected chi connectivity index (χ2v) is 9.56. The zero-order chi connectivity index (χ0) is 26.2. The van der Waals surface area contributed by atoms with Crippen LogP contribution in [0, 0.1) is 25.6 Å². The lowest BCUT2D eigenvalue weighted by molar-refractivity contribution is -0.151. The molecule has 1 atom stereocenters. The summed E-state index contributed by atoms with van der Waals surface area (Å²) in [6.45, 7) is 5.84. The van der Waals surface area contributed by atoms with Crippen molar-refractivity contribution in [2.24, 2.45) is 5.92 Å². The summed E-state index contributed by atoms with van der Waals surface area (Å²) in [5.41, 5.74) is 2.98. The second kappa shape index (κ2) is 9.74. The Morgan fingerprint density at radius 3 is 2.65 bits per heavy atom. The van der Waals surface area contributed by atoms with E-state index >= 15 is 0 Å². The van der Waals surface area contributed by atoms with Crippen LogP contribution in [-0.2, 0) is 15.1 Å². The number of halogens is 1. The molecule has 0 radical (unpaired) electrons. The van der Waals surface area contributed by atoms with Crippen molar-refractivity contribution in [3.8, 4) is 5.82 Å². The molecule has 1 aliphatic rings. The summed E-state index contributed by atoms with van der Waals surface area (Å²) < 4.78 is 20.5. The lowest BCUT2D eigenvalue weighted by Crippen LogP contribution is -2.50. The molecule has 0 aliphatic heterocycles. The van der Waals surface area contributed by atoms with Gasteiger partial charge in [0.2, 0.25) is 5.91 Å². The Labute approximate surface area is 213 Å². The van der Waals surface area contributed by atoms with Crippen molar-refractivity contribution in [1.29, 1.82) is 0 Å². The zero-order valence-corrected chi connectivity index (χ0v) is 21.1. The molecule has 3 N–H and O–H groups in total. The Kier molecular flexibility index (Phi) is 6.46. The Morgan fingerprint density at radius 1 is 1.22 bits per heavy atom. The summed E-state index contributed by atoms with van der Waals surface area (Å²) in [6, 6.07) is 9.19. The van der Waals surface area contributed by atoms with E-state index in [-0.39, 0.29) is 17.9 Å². The Morgan fingerprint density at radius 2 is 2.03 bits per heavy atom. The third-order valence-electron chi connectivity index (χ3n) is 6.73. The summed E-state index contributed by atoms with van der Waals surface area (Å²) >= 11 is 0. The summed E-state index contributed by atoms with van der Waals surface area (Å²) in [5.74, 6) is 1.18. The van der Waals surface area contributed by atoms with Crippen molar-refractivity contribution in [3.63, 3.8) is 0 Å². The van der Waals surface area contributed by atoms with Crippen molar-refractivity contribution in [2.45, 2.75) is 45.3 Å². The molecule has 4 heterocycles. The summed E-state index contributed by atoms with van der Waals surface area (Å²) in [6.07, 6.45) is 5.10. The normalized spacial score (nSPS) is 19.8. The molecule has 11 heteroatoms. The van der Waals surface area contributed by atoms with Crippen LogP contribution in [0.3, 0.4) is 0 Å². The average molecular weight is 505 g/mol. The maximum atomic E-state index is 13.2. The van der Waals surface area contributed by atoms with Crippen molar-refractivity contribution >= 4 is 17.5 Å². The van der Waals surface area contributed by atoms with Gasteiger partial charge in [0.15, 0.2) is 17.5 Å². The zero-order valence-electron chi connectivity index (χ0n) is 21.1. The largest absolute Gasteiger partial charge is 0.372 e. The highest BCUT2D eigenvalue weighted by Crippen LogP contribution is 2.48. The molecule has 5 rings (SSSR count). The molecular weight excluding hydrogens is 475 g/mol. The number of ether oxygens (including phenoxy) is 1. The number of nitrogens with zero attached hydrogens (tertiary/aromatic N) is 5. The molecule has 0 spiro atoms. The van der Waals surface area contributed by atoms with Gasteiger partial charge in [0.25, 0.3) is 0 Å². The van der Waals surface area contributed by atoms with Crippen LogP contribution in [0.1, 0.15) is 48.3 Å². The number of aromatic nitrogens is 6. The van der Waals surface area contributed by atoms with E-state index in [1.807, 2.05) is 45.0 Å². The summed E-state index contributed by atoms with van der Waals surface area (Å²) in [7, 11) is 1.66. The van der Waals surface area contributed by atoms with Crippen LogP contribution < -0.4 is 10.6 Å². The summed E-state index contributed by atoms with van der Waals surface area (Å²) in [4.78, 5) is 22.1. The van der Waals surface area contributed by atoms with Crippen LogP contribution in [0.25, 0.3) is 5.82 Å². The molecule has 0 bridgehead atoms. The van der Waals surface area contributed by atoms with Gasteiger partial charge in [0.1, 0.15) is 11.4 Å². The van der Waals surface area contributed by atoms with Gasteiger partial charge in [-0.15, -0.1) is 0 Å². The maximum Gasteiger partial charge on any atom is 0.223 e. The van der Waals surface area contributed by atoms with E-state index in [0.717, 1.165) is 28.7 Å². The monoisotopic (exact) mass is 504 g/mol. The molecule has 1 saturated carbocycles. The van der Waals surface area contributed by atoms with Gasteiger partial charge in [0.05, 0.1) is 24.1 Å². The number of amides is 1. The molecule has 37 heavy (non-hydrogen) atoms. The molecular formula is C26H29FN8O2. The fourth-order valence-electron chi connectivity index (χ4n) is 4.61. The number of carbonyl (C=O) groups excluding carboxylic acids is 1. The Balaban J connectivity index is 1.23. The van der Waals surface area contributed by atoms with Gasteiger partial charge in [-0.05, 0) is 62.9 Å². The number of rotatable bonds is 8. The number of methoxy groups -OCH3 is 1. The van der Waals surface area contributed by atoms with Gasteiger partial charge >= 0.3 is 0 Å². The van der Waals surface area contributed by atoms with Gasteiger partial charge < -0.3 is 15.4 Å². The van der Waals surface area contributed by atoms with E-state index in [0.29, 0.717) is 30.3 Å². The lowest BCUT2D eigenvalue weighted by atomic mass is 9.68. The van der Waals surface area contributed by atoms with Crippen LogP contribution in [-0.4, -0.2) is 43.0 Å². The fourth-order valence-corrected chi connectivity index (χ4v) is 4.61. The van der Waals surface area contributed by atoms with Crippen molar-refractivity contribution in [3.05, 3.63) is 77.3 Å². The van der Waals surface area contributed by atoms with E-state index in [1.54, 1.807) is 19.4 Å². The van der Waals surface area contributed by atoms with E-state index in [2.05, 4.69) is 30.9 Å². The van der Waals surface area contributed by atoms with Gasteiger partial charge in [0, 0.05) is 31.0 Å². The molecule has 0 aromatic carbocycles. The number of carbonyl (C=O) groups is 1. The first-order valence-electron chi connectivity index (χ1n) is 12.0. The van der Waals surface area contributed by atoms with Crippen LogP contribution in [0.2, 0.25) is 0 Å². The highest BCUT2D eigenvalue weighted by Gasteiger charge is 2.50. The smallest absolute Gasteiger partial charge is 0.223 e. The van der Waals surface area contributed by atoms with Gasteiger partial charge in [-0.3, -0.25) is 9.89 Å². The van der Waals surface area contributed by atoms with Crippen LogP contribution in [0.4, 0.5) is 16.0 Å². The molecule has 10 nitrogen and oxygen atoms in total. The number of pyridine rings is 2. The van der Waals surface area contributed by atoms with Gasteiger partial charge in [-0.1, -0.05) is 6.07 Å². The molecule has 4 aromatic rings. The topological polar surface area (TPSA) is 123 Å². The second-order valence-electron chi connectivity index (χ2n) is 9.56. The molecule has 192 valence electrons. The van der Waals surface area contributed by atoms with Gasteiger partial charge in [-0.2, -0.15) is 10.2 Å². The first-order chi connectivity index (χ1) is 17.7. The third-order valence-corrected chi connectivity index (χ3v) is 6.73. The molecule has 4 aromatic heterocycles. The minimum atomic E-state index is -0.628. The van der Waals surface area contributed by atoms with Crippen molar-refractivity contribution in [1.82, 2.24) is 35.3 Å². The Bertz CT molecular complexity index is 1410. The predicted octanol–water partition coefficient (Wildman–Crippen LogP) is 4.01. The first-order valence-corrected chi connectivity index (χ1v) is 12.0. The highest BCUT2D eigenvalue weighted by atomic mass is 19.1. The molecule has 1 amide bonds. The molecule has 1 fully saturated rings. The van der Waals surface area contributed by atoms with E-state index < -0.39 is 11.4 Å². The molecule has 1 aliphatic carbocycles. The quantitative estimate of drug-likeness (QED) is 0.331. The first kappa shape index (κ1) is 24.6. The maximum absolute atomic E-state index is 13.2. The van der Waals surface area contributed by atoms with E-state index in [1.165, 1.54) is 10.9 Å². The predicted molar refractivity (Wildman–Crippen MR) is 135 cm³/mol. The Hall–Kier alpha value is -4.12. The lowest BCUT2D eigenvalue weighted by Gasteiger charge is -2.45. The number of hydrogen-bond donors (Lipinski definition) is 3. The van der Waals surface area contributed by atoms with Crippen molar-refractivity contribution < 1.29 is 13.9 Å². The van der Waals surface area contributed by atoms with Crippen LogP contribution in [0.5, 0.6) is 0 Å². The number of aromatic amines is 1. The fraction of sp³-hybridized carbons (Fsp3) is 0.346. The molecule has 0 saturated heterocycles. The van der Waals surface area contributed by atoms with E-state index in [9.17, 15) is 9.18 Å². The third kappa shape index (κ3) is 5.08.